The second-order valence-electron chi connectivity index (χ2n) is 5.84. The highest BCUT2D eigenvalue weighted by Crippen LogP contribution is 2.05. The molecular formula is C14H26N4O5S2. The number of hydrogen-bond donors (Lipinski definition) is 7. The molecule has 0 aliphatic heterocycles. The number of thiol groups is 2. The van der Waals surface area contributed by atoms with Crippen molar-refractivity contribution in [2.75, 3.05) is 18.1 Å². The molecule has 144 valence electrons. The molecular weight excluding hydrogens is 368 g/mol. The Balaban J connectivity index is 4.68. The maximum atomic E-state index is 12.2. The zero-order valence-corrected chi connectivity index (χ0v) is 16.0. The standard InChI is InChI=1S/C14H26N4O5S2/c1-7(2)3-9(18-12(20)8(15)5-24)13(21)16-4-11(19)17-10(6-25)14(22)23/h7-10,24-25H,3-6,15H2,1-2H3,(H,16,21)(H,17,19)(H,18,20)(H,22,23). The first-order chi connectivity index (χ1) is 11.6. The van der Waals surface area contributed by atoms with Gasteiger partial charge in [0.25, 0.3) is 0 Å². The Morgan fingerprint density at radius 3 is 2.04 bits per heavy atom. The third-order valence-electron chi connectivity index (χ3n) is 3.11. The summed E-state index contributed by atoms with van der Waals surface area (Å²) in [6, 6.07) is -2.85. The topological polar surface area (TPSA) is 151 Å². The van der Waals surface area contributed by atoms with Crippen LogP contribution in [0, 0.1) is 5.92 Å². The quantitative estimate of drug-likeness (QED) is 0.210. The summed E-state index contributed by atoms with van der Waals surface area (Å²) >= 11 is 7.76. The van der Waals surface area contributed by atoms with E-state index in [4.69, 9.17) is 10.8 Å². The molecule has 6 N–H and O–H groups in total. The van der Waals surface area contributed by atoms with Gasteiger partial charge in [-0.25, -0.2) is 4.79 Å². The van der Waals surface area contributed by atoms with Crippen LogP contribution in [0.1, 0.15) is 20.3 Å². The van der Waals surface area contributed by atoms with Crippen molar-refractivity contribution in [3.8, 4) is 0 Å². The highest BCUT2D eigenvalue weighted by molar-refractivity contribution is 7.80. The van der Waals surface area contributed by atoms with Crippen molar-refractivity contribution in [1.29, 1.82) is 0 Å². The number of rotatable bonds is 11. The van der Waals surface area contributed by atoms with Gasteiger partial charge in [0.1, 0.15) is 12.1 Å². The van der Waals surface area contributed by atoms with E-state index in [9.17, 15) is 19.2 Å². The summed E-state index contributed by atoms with van der Waals surface area (Å²) in [7, 11) is 0. The Labute approximate surface area is 157 Å². The van der Waals surface area contributed by atoms with Crippen LogP contribution in [0.15, 0.2) is 0 Å². The second kappa shape index (κ2) is 12.0. The molecule has 0 aromatic rings. The van der Waals surface area contributed by atoms with Crippen molar-refractivity contribution in [3.63, 3.8) is 0 Å². The number of carbonyl (C=O) groups excluding carboxylic acids is 3. The molecule has 0 rings (SSSR count). The van der Waals surface area contributed by atoms with Crippen molar-refractivity contribution < 1.29 is 24.3 Å². The Kier molecular flexibility index (Phi) is 11.3. The van der Waals surface area contributed by atoms with Gasteiger partial charge < -0.3 is 26.8 Å². The summed E-state index contributed by atoms with van der Waals surface area (Å²) in [6.07, 6.45) is 0.354. The van der Waals surface area contributed by atoms with Crippen LogP contribution in [0.2, 0.25) is 0 Å². The van der Waals surface area contributed by atoms with E-state index in [2.05, 4.69) is 41.2 Å². The van der Waals surface area contributed by atoms with E-state index in [1.54, 1.807) is 0 Å². The SMILES string of the molecule is CC(C)CC(NC(=O)C(N)CS)C(=O)NCC(=O)NC(CS)C(=O)O. The highest BCUT2D eigenvalue weighted by Gasteiger charge is 2.25. The summed E-state index contributed by atoms with van der Waals surface area (Å²) in [5.41, 5.74) is 5.57. The Morgan fingerprint density at radius 1 is 1.00 bits per heavy atom. The lowest BCUT2D eigenvalue weighted by Crippen LogP contribution is -2.54. The molecule has 0 saturated carbocycles. The smallest absolute Gasteiger partial charge is 0.327 e. The molecule has 11 heteroatoms. The molecule has 0 spiro atoms. The van der Waals surface area contributed by atoms with E-state index >= 15 is 0 Å². The first-order valence-electron chi connectivity index (χ1n) is 7.69. The molecule has 0 fully saturated rings. The van der Waals surface area contributed by atoms with Crippen LogP contribution < -0.4 is 21.7 Å². The number of hydrogen-bond acceptors (Lipinski definition) is 7. The maximum absolute atomic E-state index is 12.2. The fourth-order valence-corrected chi connectivity index (χ4v) is 2.20. The number of nitrogens with two attached hydrogens (primary N) is 1. The van der Waals surface area contributed by atoms with Gasteiger partial charge in [-0.1, -0.05) is 13.8 Å². The molecule has 0 radical (unpaired) electrons. The number of nitrogens with one attached hydrogen (secondary N) is 3. The zero-order chi connectivity index (χ0) is 19.6. The lowest BCUT2D eigenvalue weighted by atomic mass is 10.0. The molecule has 25 heavy (non-hydrogen) atoms. The minimum Gasteiger partial charge on any atom is -0.480 e. The van der Waals surface area contributed by atoms with Crippen LogP contribution in [0.4, 0.5) is 0 Å². The number of aliphatic carboxylic acids is 1. The number of carboxylic acids is 1. The van der Waals surface area contributed by atoms with Crippen molar-refractivity contribution in [2.45, 2.75) is 38.4 Å². The second-order valence-corrected chi connectivity index (χ2v) is 6.57. The van der Waals surface area contributed by atoms with E-state index in [1.807, 2.05) is 13.8 Å². The molecule has 3 atom stereocenters. The van der Waals surface area contributed by atoms with E-state index in [-0.39, 0.29) is 17.4 Å². The Hall–Kier alpha value is -1.46. The van der Waals surface area contributed by atoms with Gasteiger partial charge in [0.2, 0.25) is 17.7 Å². The molecule has 9 nitrogen and oxygen atoms in total. The van der Waals surface area contributed by atoms with Gasteiger partial charge in [-0.3, -0.25) is 14.4 Å². The van der Waals surface area contributed by atoms with Crippen molar-refractivity contribution in [1.82, 2.24) is 16.0 Å². The molecule has 0 aliphatic rings. The predicted molar refractivity (Wildman–Crippen MR) is 99.6 cm³/mol. The van der Waals surface area contributed by atoms with Crippen LogP contribution in [-0.2, 0) is 19.2 Å². The minimum absolute atomic E-state index is 0.0807. The van der Waals surface area contributed by atoms with Gasteiger partial charge in [0.05, 0.1) is 12.6 Å². The average molecular weight is 395 g/mol. The summed E-state index contributed by atoms with van der Waals surface area (Å²) < 4.78 is 0. The normalized spacial score (nSPS) is 14.3. The van der Waals surface area contributed by atoms with Gasteiger partial charge in [0.15, 0.2) is 0 Å². The van der Waals surface area contributed by atoms with Crippen molar-refractivity contribution in [2.24, 2.45) is 11.7 Å². The van der Waals surface area contributed by atoms with Gasteiger partial charge in [-0.2, -0.15) is 25.3 Å². The minimum atomic E-state index is -1.22. The average Bonchev–Trinajstić information content (AvgIpc) is 2.55. The number of carbonyl (C=O) groups is 4. The van der Waals surface area contributed by atoms with Crippen molar-refractivity contribution in [3.05, 3.63) is 0 Å². The molecule has 0 aromatic heterocycles. The van der Waals surface area contributed by atoms with Gasteiger partial charge in [-0.05, 0) is 12.3 Å². The van der Waals surface area contributed by atoms with E-state index in [0.29, 0.717) is 6.42 Å². The number of carboxylic acid groups (broad SMARTS) is 1. The number of amides is 3. The lowest BCUT2D eigenvalue weighted by Gasteiger charge is -2.21. The van der Waals surface area contributed by atoms with Crippen molar-refractivity contribution >= 4 is 48.9 Å². The van der Waals surface area contributed by atoms with E-state index < -0.39 is 48.4 Å². The first kappa shape index (κ1) is 23.5. The first-order valence-corrected chi connectivity index (χ1v) is 8.96. The monoisotopic (exact) mass is 394 g/mol. The maximum Gasteiger partial charge on any atom is 0.327 e. The summed E-state index contributed by atoms with van der Waals surface area (Å²) in [5, 5.41) is 16.0. The van der Waals surface area contributed by atoms with Gasteiger partial charge in [-0.15, -0.1) is 0 Å². The molecule has 0 aromatic carbocycles. The molecule has 3 amide bonds. The van der Waals surface area contributed by atoms with Gasteiger partial charge >= 0.3 is 5.97 Å². The molecule has 0 aliphatic carbocycles. The lowest BCUT2D eigenvalue weighted by molar-refractivity contribution is -0.141. The third-order valence-corrected chi connectivity index (χ3v) is 3.87. The fraction of sp³-hybridized carbons (Fsp3) is 0.714. The van der Waals surface area contributed by atoms with E-state index in [1.165, 1.54) is 0 Å². The predicted octanol–water partition coefficient (Wildman–Crippen LogP) is -1.61. The Bertz CT molecular complexity index is 490. The molecule has 0 heterocycles. The largest absolute Gasteiger partial charge is 0.480 e. The summed E-state index contributed by atoms with van der Waals surface area (Å²) in [4.78, 5) is 46.6. The zero-order valence-electron chi connectivity index (χ0n) is 14.2. The Morgan fingerprint density at radius 2 is 1.60 bits per heavy atom. The third kappa shape index (κ3) is 9.56. The van der Waals surface area contributed by atoms with Crippen LogP contribution in [-0.4, -0.2) is 65.0 Å². The van der Waals surface area contributed by atoms with Crippen LogP contribution in [0.5, 0.6) is 0 Å². The molecule has 0 saturated heterocycles. The molecule has 3 unspecified atom stereocenters. The summed E-state index contributed by atoms with van der Waals surface area (Å²) in [5.74, 6) is -2.80. The highest BCUT2D eigenvalue weighted by atomic mass is 32.1. The summed E-state index contributed by atoms with van der Waals surface area (Å²) in [6.45, 7) is 3.34. The van der Waals surface area contributed by atoms with E-state index in [0.717, 1.165) is 0 Å². The fourth-order valence-electron chi connectivity index (χ4n) is 1.79. The van der Waals surface area contributed by atoms with Gasteiger partial charge in [0, 0.05) is 11.5 Å². The molecule has 0 bridgehead atoms. The van der Waals surface area contributed by atoms with Crippen LogP contribution in [0.25, 0.3) is 0 Å². The van der Waals surface area contributed by atoms with Crippen LogP contribution >= 0.6 is 25.3 Å². The van der Waals surface area contributed by atoms with Crippen LogP contribution in [0.3, 0.4) is 0 Å².